The number of ether oxygens (including phenoxy) is 1. The molecule has 0 aliphatic heterocycles. The third-order valence-corrected chi connectivity index (χ3v) is 3.33. The van der Waals surface area contributed by atoms with Crippen LogP contribution in [0.15, 0.2) is 24.3 Å². The Morgan fingerprint density at radius 3 is 2.55 bits per heavy atom. The Morgan fingerprint density at radius 1 is 1.15 bits per heavy atom. The van der Waals surface area contributed by atoms with Crippen molar-refractivity contribution in [1.82, 2.24) is 15.0 Å². The van der Waals surface area contributed by atoms with Crippen molar-refractivity contribution in [2.45, 2.75) is 39.8 Å². The second kappa shape index (κ2) is 7.05. The van der Waals surface area contributed by atoms with Crippen molar-refractivity contribution < 1.29 is 4.74 Å². The molecular weight excluding hydrogens is 252 g/mol. The molecule has 5 nitrogen and oxygen atoms in total. The number of hydrogen-bond acceptors (Lipinski definition) is 4. The summed E-state index contributed by atoms with van der Waals surface area (Å²) in [7, 11) is 0. The molecular formula is C15H22N4O. The van der Waals surface area contributed by atoms with Gasteiger partial charge in [-0.15, -0.1) is 5.10 Å². The van der Waals surface area contributed by atoms with Crippen molar-refractivity contribution >= 4 is 0 Å². The molecule has 0 spiro atoms. The molecule has 0 atom stereocenters. The van der Waals surface area contributed by atoms with Gasteiger partial charge in [0, 0.05) is 13.1 Å². The highest BCUT2D eigenvalue weighted by Crippen LogP contribution is 2.12. The van der Waals surface area contributed by atoms with Gasteiger partial charge >= 0.3 is 0 Å². The van der Waals surface area contributed by atoms with Gasteiger partial charge in [-0.3, -0.25) is 0 Å². The minimum Gasteiger partial charge on any atom is -0.494 e. The number of nitrogens with zero attached hydrogens (tertiary/aromatic N) is 3. The van der Waals surface area contributed by atoms with Crippen LogP contribution in [0.4, 0.5) is 0 Å². The summed E-state index contributed by atoms with van der Waals surface area (Å²) < 4.78 is 7.60. The predicted octanol–water partition coefficient (Wildman–Crippen LogP) is 2.21. The Bertz CT molecular complexity index is 533. The van der Waals surface area contributed by atoms with Gasteiger partial charge in [-0.2, -0.15) is 0 Å². The Kier molecular flexibility index (Phi) is 5.12. The van der Waals surface area contributed by atoms with Crippen molar-refractivity contribution in [3.63, 3.8) is 0 Å². The second-order valence-corrected chi connectivity index (χ2v) is 4.92. The predicted molar refractivity (Wildman–Crippen MR) is 78.6 cm³/mol. The molecule has 2 rings (SSSR count). The lowest BCUT2D eigenvalue weighted by Crippen LogP contribution is -2.06. The molecule has 0 aliphatic carbocycles. The summed E-state index contributed by atoms with van der Waals surface area (Å²) in [6.07, 6.45) is 2.01. The highest BCUT2D eigenvalue weighted by atomic mass is 16.5. The molecule has 0 fully saturated rings. The van der Waals surface area contributed by atoms with E-state index in [1.165, 1.54) is 5.56 Å². The van der Waals surface area contributed by atoms with E-state index in [0.717, 1.165) is 43.1 Å². The molecule has 0 saturated carbocycles. The number of benzene rings is 1. The minimum absolute atomic E-state index is 0.447. The molecule has 5 heteroatoms. The number of rotatable bonds is 7. The Hall–Kier alpha value is -1.88. The van der Waals surface area contributed by atoms with Crippen LogP contribution in [0.2, 0.25) is 0 Å². The molecule has 0 unspecified atom stereocenters. The van der Waals surface area contributed by atoms with Crippen molar-refractivity contribution in [3.8, 4) is 5.75 Å². The number of unbranched alkanes of at least 4 members (excludes halogenated alkanes) is 1. The largest absolute Gasteiger partial charge is 0.494 e. The minimum atomic E-state index is 0.447. The lowest BCUT2D eigenvalue weighted by molar-refractivity contribution is 0.301. The van der Waals surface area contributed by atoms with E-state index in [4.69, 9.17) is 10.5 Å². The molecule has 2 N–H and O–H groups in total. The normalized spacial score (nSPS) is 10.8. The van der Waals surface area contributed by atoms with E-state index in [9.17, 15) is 0 Å². The van der Waals surface area contributed by atoms with Gasteiger partial charge in [0.05, 0.1) is 18.0 Å². The Morgan fingerprint density at radius 2 is 1.90 bits per heavy atom. The molecule has 20 heavy (non-hydrogen) atoms. The summed E-state index contributed by atoms with van der Waals surface area (Å²) in [5, 5.41) is 8.14. The number of aromatic nitrogens is 3. The number of hydrogen-bond donors (Lipinski definition) is 1. The van der Waals surface area contributed by atoms with Crippen LogP contribution in [0.1, 0.15) is 29.8 Å². The smallest absolute Gasteiger partial charge is 0.119 e. The molecule has 1 aromatic heterocycles. The fourth-order valence-corrected chi connectivity index (χ4v) is 1.99. The monoisotopic (exact) mass is 274 g/mol. The zero-order valence-corrected chi connectivity index (χ0v) is 12.2. The van der Waals surface area contributed by atoms with E-state index >= 15 is 0 Å². The van der Waals surface area contributed by atoms with Crippen molar-refractivity contribution in [2.75, 3.05) is 6.61 Å². The van der Waals surface area contributed by atoms with Gasteiger partial charge in [0.2, 0.25) is 0 Å². The summed E-state index contributed by atoms with van der Waals surface area (Å²) >= 11 is 0. The second-order valence-electron chi connectivity index (χ2n) is 4.92. The van der Waals surface area contributed by atoms with Gasteiger partial charge in [0.25, 0.3) is 0 Å². The molecule has 0 saturated heterocycles. The van der Waals surface area contributed by atoms with E-state index < -0.39 is 0 Å². The van der Waals surface area contributed by atoms with Gasteiger partial charge in [0.15, 0.2) is 0 Å². The molecule has 108 valence electrons. The van der Waals surface area contributed by atoms with E-state index in [1.807, 2.05) is 23.7 Å². The fourth-order valence-electron chi connectivity index (χ4n) is 1.99. The van der Waals surface area contributed by atoms with Crippen LogP contribution in [-0.4, -0.2) is 21.6 Å². The summed E-state index contributed by atoms with van der Waals surface area (Å²) in [5.74, 6) is 0.929. The molecule has 2 aromatic rings. The standard InChI is InChI=1S/C15H22N4O/c1-12-5-7-14(8-6-12)20-10-4-3-9-19-13(2)15(11-16)17-18-19/h5-8H,3-4,9-11,16H2,1-2H3. The van der Waals surface area contributed by atoms with Crippen molar-refractivity contribution in [3.05, 3.63) is 41.2 Å². The highest BCUT2D eigenvalue weighted by molar-refractivity contribution is 5.26. The van der Waals surface area contributed by atoms with E-state index in [1.54, 1.807) is 0 Å². The van der Waals surface area contributed by atoms with Crippen LogP contribution in [0.25, 0.3) is 0 Å². The van der Waals surface area contributed by atoms with Crippen LogP contribution in [-0.2, 0) is 13.1 Å². The van der Waals surface area contributed by atoms with E-state index in [2.05, 4.69) is 29.4 Å². The highest BCUT2D eigenvalue weighted by Gasteiger charge is 2.05. The first-order chi connectivity index (χ1) is 9.70. The van der Waals surface area contributed by atoms with Crippen LogP contribution in [0.5, 0.6) is 5.75 Å². The van der Waals surface area contributed by atoms with Crippen LogP contribution < -0.4 is 10.5 Å². The number of aryl methyl sites for hydroxylation is 2. The van der Waals surface area contributed by atoms with Gasteiger partial charge in [-0.1, -0.05) is 22.9 Å². The van der Waals surface area contributed by atoms with E-state index in [0.29, 0.717) is 6.54 Å². The molecule has 0 radical (unpaired) electrons. The molecule has 1 aromatic carbocycles. The zero-order chi connectivity index (χ0) is 14.4. The maximum Gasteiger partial charge on any atom is 0.119 e. The van der Waals surface area contributed by atoms with E-state index in [-0.39, 0.29) is 0 Å². The SMILES string of the molecule is Cc1ccc(OCCCCn2nnc(CN)c2C)cc1. The summed E-state index contributed by atoms with van der Waals surface area (Å²) in [6.45, 7) is 6.10. The van der Waals surface area contributed by atoms with Gasteiger partial charge in [0.1, 0.15) is 5.75 Å². The first kappa shape index (κ1) is 14.5. The van der Waals surface area contributed by atoms with Crippen LogP contribution >= 0.6 is 0 Å². The molecule has 1 heterocycles. The lowest BCUT2D eigenvalue weighted by atomic mass is 10.2. The lowest BCUT2D eigenvalue weighted by Gasteiger charge is -2.07. The summed E-state index contributed by atoms with van der Waals surface area (Å²) in [4.78, 5) is 0. The van der Waals surface area contributed by atoms with Crippen molar-refractivity contribution in [1.29, 1.82) is 0 Å². The van der Waals surface area contributed by atoms with Gasteiger partial charge in [-0.25, -0.2) is 4.68 Å². The van der Waals surface area contributed by atoms with Gasteiger partial charge < -0.3 is 10.5 Å². The summed E-state index contributed by atoms with van der Waals surface area (Å²) in [5.41, 5.74) is 8.76. The third-order valence-electron chi connectivity index (χ3n) is 3.33. The first-order valence-corrected chi connectivity index (χ1v) is 6.99. The van der Waals surface area contributed by atoms with Crippen LogP contribution in [0, 0.1) is 13.8 Å². The first-order valence-electron chi connectivity index (χ1n) is 6.99. The Balaban J connectivity index is 1.68. The maximum atomic E-state index is 5.69. The molecule has 0 amide bonds. The average Bonchev–Trinajstić information content (AvgIpc) is 2.81. The average molecular weight is 274 g/mol. The topological polar surface area (TPSA) is 66.0 Å². The van der Waals surface area contributed by atoms with Crippen LogP contribution in [0.3, 0.4) is 0 Å². The maximum absolute atomic E-state index is 5.69. The van der Waals surface area contributed by atoms with Crippen molar-refractivity contribution in [2.24, 2.45) is 5.73 Å². The fraction of sp³-hybridized carbons (Fsp3) is 0.467. The number of nitrogens with two attached hydrogens (primary N) is 1. The molecule has 0 bridgehead atoms. The quantitative estimate of drug-likeness (QED) is 0.786. The zero-order valence-electron chi connectivity index (χ0n) is 12.2. The molecule has 0 aliphatic rings. The Labute approximate surface area is 119 Å². The third kappa shape index (κ3) is 3.81. The summed E-state index contributed by atoms with van der Waals surface area (Å²) in [6, 6.07) is 8.12. The van der Waals surface area contributed by atoms with Gasteiger partial charge in [-0.05, 0) is 38.8 Å².